The van der Waals surface area contributed by atoms with E-state index in [1.807, 2.05) is 30.3 Å². The molecule has 0 spiro atoms. The Bertz CT molecular complexity index is 652. The van der Waals surface area contributed by atoms with Crippen molar-refractivity contribution >= 4 is 15.9 Å². The maximum absolute atomic E-state index is 12.7. The summed E-state index contributed by atoms with van der Waals surface area (Å²) < 4.78 is 39.3. The van der Waals surface area contributed by atoms with Gasteiger partial charge >= 0.3 is 6.18 Å². The van der Waals surface area contributed by atoms with Crippen molar-refractivity contribution in [3.63, 3.8) is 0 Å². The highest BCUT2D eigenvalue weighted by Crippen LogP contribution is 2.28. The summed E-state index contributed by atoms with van der Waals surface area (Å²) in [5, 5.41) is 0.555. The smallest absolute Gasteiger partial charge is 0.314 e. The van der Waals surface area contributed by atoms with Gasteiger partial charge in [0.15, 0.2) is 0 Å². The maximum Gasteiger partial charge on any atom is 0.417 e. The van der Waals surface area contributed by atoms with E-state index in [1.165, 1.54) is 0 Å². The van der Waals surface area contributed by atoms with E-state index >= 15 is 0 Å². The van der Waals surface area contributed by atoms with Crippen LogP contribution < -0.4 is 5.56 Å². The fourth-order valence-electron chi connectivity index (χ4n) is 2.05. The number of hydrogen-bond donors (Lipinski definition) is 0. The minimum Gasteiger partial charge on any atom is -0.314 e. The van der Waals surface area contributed by atoms with Crippen LogP contribution in [0, 0.1) is 0 Å². The van der Waals surface area contributed by atoms with Gasteiger partial charge in [0.25, 0.3) is 5.56 Å². The summed E-state index contributed by atoms with van der Waals surface area (Å²) in [7, 11) is 0. The number of benzene rings is 1. The van der Waals surface area contributed by atoms with Crippen molar-refractivity contribution in [1.29, 1.82) is 0 Å². The number of aromatic nitrogens is 1. The molecule has 0 amide bonds. The summed E-state index contributed by atoms with van der Waals surface area (Å²) in [6, 6.07) is 11.1. The lowest BCUT2D eigenvalue weighted by Crippen LogP contribution is -2.24. The SMILES string of the molecule is O=c1ccc(C(F)(F)F)cn1CC(CBr)c1ccccc1. The predicted molar refractivity (Wildman–Crippen MR) is 78.7 cm³/mol. The van der Waals surface area contributed by atoms with Gasteiger partial charge in [0, 0.05) is 30.1 Å². The normalized spacial score (nSPS) is 13.1. The van der Waals surface area contributed by atoms with E-state index in [1.54, 1.807) is 0 Å². The third-order valence-corrected chi connectivity index (χ3v) is 3.97. The van der Waals surface area contributed by atoms with Crippen molar-refractivity contribution in [1.82, 2.24) is 4.57 Å². The molecule has 0 aliphatic carbocycles. The van der Waals surface area contributed by atoms with Crippen molar-refractivity contribution in [2.75, 3.05) is 5.33 Å². The van der Waals surface area contributed by atoms with Crippen molar-refractivity contribution in [2.45, 2.75) is 18.6 Å². The zero-order valence-electron chi connectivity index (χ0n) is 11.0. The second-order valence-electron chi connectivity index (χ2n) is 4.67. The zero-order valence-corrected chi connectivity index (χ0v) is 12.6. The van der Waals surface area contributed by atoms with Crippen LogP contribution in [0.4, 0.5) is 13.2 Å². The Labute approximate surface area is 128 Å². The van der Waals surface area contributed by atoms with E-state index in [2.05, 4.69) is 15.9 Å². The highest BCUT2D eigenvalue weighted by molar-refractivity contribution is 9.09. The van der Waals surface area contributed by atoms with Gasteiger partial charge in [-0.3, -0.25) is 4.79 Å². The summed E-state index contributed by atoms with van der Waals surface area (Å²) in [6.45, 7) is 0.192. The Morgan fingerprint density at radius 1 is 1.10 bits per heavy atom. The number of halogens is 4. The van der Waals surface area contributed by atoms with Gasteiger partial charge in [0.2, 0.25) is 0 Å². The van der Waals surface area contributed by atoms with Crippen LogP contribution in [0.15, 0.2) is 53.5 Å². The highest BCUT2D eigenvalue weighted by Gasteiger charge is 2.31. The van der Waals surface area contributed by atoms with Crippen LogP contribution in [0.3, 0.4) is 0 Å². The second kappa shape index (κ2) is 6.47. The number of hydrogen-bond acceptors (Lipinski definition) is 1. The van der Waals surface area contributed by atoms with E-state index < -0.39 is 17.3 Å². The van der Waals surface area contributed by atoms with Crippen molar-refractivity contribution < 1.29 is 13.2 Å². The molecule has 0 aliphatic heterocycles. The van der Waals surface area contributed by atoms with Crippen molar-refractivity contribution in [2.24, 2.45) is 0 Å². The molecule has 2 aromatic rings. The molecule has 1 aromatic heterocycles. The monoisotopic (exact) mass is 359 g/mol. The van der Waals surface area contributed by atoms with Crippen LogP contribution in [-0.2, 0) is 12.7 Å². The van der Waals surface area contributed by atoms with E-state index in [-0.39, 0.29) is 12.5 Å². The Kier molecular flexibility index (Phi) is 4.88. The number of rotatable bonds is 4. The molecule has 2 rings (SSSR count). The summed E-state index contributed by atoms with van der Waals surface area (Å²) in [5.74, 6) is -0.0765. The van der Waals surface area contributed by atoms with Gasteiger partial charge in [-0.05, 0) is 11.6 Å². The lowest BCUT2D eigenvalue weighted by Gasteiger charge is -2.17. The minimum absolute atomic E-state index is 0.0765. The molecule has 1 atom stereocenters. The molecule has 0 saturated carbocycles. The summed E-state index contributed by atoms with van der Waals surface area (Å²) in [6.07, 6.45) is -3.58. The number of pyridine rings is 1. The first-order chi connectivity index (χ1) is 9.91. The molecule has 0 N–H and O–H groups in total. The molecule has 0 aliphatic rings. The molecule has 1 unspecified atom stereocenters. The lowest BCUT2D eigenvalue weighted by atomic mass is 10.0. The molecule has 0 bridgehead atoms. The van der Waals surface area contributed by atoms with E-state index in [0.717, 1.165) is 28.5 Å². The second-order valence-corrected chi connectivity index (χ2v) is 5.32. The molecule has 0 saturated heterocycles. The third-order valence-electron chi connectivity index (χ3n) is 3.19. The Hall–Kier alpha value is -1.56. The molecule has 2 nitrogen and oxygen atoms in total. The van der Waals surface area contributed by atoms with Crippen LogP contribution in [0.25, 0.3) is 0 Å². The van der Waals surface area contributed by atoms with Crippen molar-refractivity contribution in [3.05, 3.63) is 70.1 Å². The van der Waals surface area contributed by atoms with Crippen LogP contribution in [0.2, 0.25) is 0 Å². The molecule has 21 heavy (non-hydrogen) atoms. The van der Waals surface area contributed by atoms with Gasteiger partial charge in [0.05, 0.1) is 5.56 Å². The van der Waals surface area contributed by atoms with Crippen LogP contribution >= 0.6 is 15.9 Å². The van der Waals surface area contributed by atoms with Crippen LogP contribution in [0.1, 0.15) is 17.0 Å². The number of alkyl halides is 4. The van der Waals surface area contributed by atoms with E-state index in [4.69, 9.17) is 0 Å². The Morgan fingerprint density at radius 2 is 1.76 bits per heavy atom. The van der Waals surface area contributed by atoms with Gasteiger partial charge in [-0.2, -0.15) is 13.2 Å². The van der Waals surface area contributed by atoms with Gasteiger partial charge in [-0.15, -0.1) is 0 Å². The first-order valence-corrected chi connectivity index (χ1v) is 7.42. The first-order valence-electron chi connectivity index (χ1n) is 6.30. The fourth-order valence-corrected chi connectivity index (χ4v) is 2.63. The first kappa shape index (κ1) is 15.8. The topological polar surface area (TPSA) is 22.0 Å². The summed E-state index contributed by atoms with van der Waals surface area (Å²) >= 11 is 3.36. The lowest BCUT2D eigenvalue weighted by molar-refractivity contribution is -0.138. The maximum atomic E-state index is 12.7. The molecule has 0 fully saturated rings. The fraction of sp³-hybridized carbons (Fsp3) is 0.267. The zero-order chi connectivity index (χ0) is 15.5. The van der Waals surface area contributed by atoms with Gasteiger partial charge in [-0.1, -0.05) is 46.3 Å². The van der Waals surface area contributed by atoms with E-state index in [9.17, 15) is 18.0 Å². The average molecular weight is 360 g/mol. The standard InChI is InChI=1S/C15H13BrF3NO/c16-8-12(11-4-2-1-3-5-11)9-20-10-13(15(17,18)19)6-7-14(20)21/h1-7,10,12H,8-9H2. The minimum atomic E-state index is -4.45. The highest BCUT2D eigenvalue weighted by atomic mass is 79.9. The molecular weight excluding hydrogens is 347 g/mol. The summed E-state index contributed by atoms with van der Waals surface area (Å²) in [4.78, 5) is 11.8. The summed E-state index contributed by atoms with van der Waals surface area (Å²) in [5.41, 5.74) is -0.285. The average Bonchev–Trinajstić information content (AvgIpc) is 2.46. The third kappa shape index (κ3) is 3.97. The predicted octanol–water partition coefficient (Wildman–Crippen LogP) is 4.05. The van der Waals surface area contributed by atoms with Gasteiger partial charge in [0.1, 0.15) is 0 Å². The molecule has 1 heterocycles. The Balaban J connectivity index is 2.32. The quantitative estimate of drug-likeness (QED) is 0.755. The Morgan fingerprint density at radius 3 is 2.33 bits per heavy atom. The molecule has 112 valence electrons. The van der Waals surface area contributed by atoms with Gasteiger partial charge < -0.3 is 4.57 Å². The number of nitrogens with zero attached hydrogens (tertiary/aromatic N) is 1. The molecule has 1 aromatic carbocycles. The van der Waals surface area contributed by atoms with Gasteiger partial charge in [-0.25, -0.2) is 0 Å². The van der Waals surface area contributed by atoms with E-state index in [0.29, 0.717) is 5.33 Å². The molecule has 6 heteroatoms. The van der Waals surface area contributed by atoms with Crippen LogP contribution in [-0.4, -0.2) is 9.90 Å². The molecule has 0 radical (unpaired) electrons. The molecular formula is C15H13BrF3NO. The largest absolute Gasteiger partial charge is 0.417 e. The van der Waals surface area contributed by atoms with Crippen molar-refractivity contribution in [3.8, 4) is 0 Å². The van der Waals surface area contributed by atoms with Crippen LogP contribution in [0.5, 0.6) is 0 Å².